The van der Waals surface area contributed by atoms with Crippen LogP contribution in [-0.2, 0) is 25.8 Å². The largest absolute Gasteiger partial charge is 4.00 e. The molecule has 0 aliphatic heterocycles. The van der Waals surface area contributed by atoms with Crippen molar-refractivity contribution in [1.82, 2.24) is 0 Å². The first-order valence-electron chi connectivity index (χ1n) is 8.86. The molecule has 0 fully saturated rings. The van der Waals surface area contributed by atoms with Crippen LogP contribution in [0.15, 0.2) is 97.1 Å². The Morgan fingerprint density at radius 2 is 0.424 bits per heavy atom. The Hall–Kier alpha value is -3.33. The van der Waals surface area contributed by atoms with E-state index in [1.165, 1.54) is 48.5 Å². The van der Waals surface area contributed by atoms with E-state index in [-0.39, 0.29) is 72.1 Å². The molecule has 4 aromatic carbocycles. The molecule has 0 saturated carbocycles. The Morgan fingerprint density at radius 1 is 0.303 bits per heavy atom. The van der Waals surface area contributed by atoms with Gasteiger partial charge in [-0.1, -0.05) is 48.5 Å². The van der Waals surface area contributed by atoms with E-state index in [9.17, 15) is 38.0 Å². The third kappa shape index (κ3) is 15.2. The van der Waals surface area contributed by atoms with Crippen molar-refractivity contribution in [3.8, 4) is 23.0 Å². The molecule has 0 unspecified atom stereocenters. The van der Waals surface area contributed by atoms with Crippen molar-refractivity contribution in [2.24, 2.45) is 0 Å². The fraction of sp³-hybridized carbons (Fsp3) is 0. The molecule has 0 heterocycles. The van der Waals surface area contributed by atoms with Crippen molar-refractivity contribution in [3.63, 3.8) is 0 Å². The van der Waals surface area contributed by atoms with Gasteiger partial charge in [-0.15, -0.1) is 23.0 Å². The Labute approximate surface area is 206 Å². The zero-order chi connectivity index (χ0) is 23.9. The van der Waals surface area contributed by atoms with Crippen molar-refractivity contribution in [1.29, 1.82) is 0 Å². The molecular weight excluding hydrogens is 607 g/mol. The van der Waals surface area contributed by atoms with Gasteiger partial charge in [0.1, 0.15) is 23.3 Å². The molecule has 0 bridgehead atoms. The van der Waals surface area contributed by atoms with Crippen LogP contribution in [0.2, 0.25) is 0 Å². The van der Waals surface area contributed by atoms with Crippen LogP contribution in [0.5, 0.6) is 23.0 Å². The maximum Gasteiger partial charge on any atom is 4.00 e. The van der Waals surface area contributed by atoms with Crippen LogP contribution in [-0.4, -0.2) is 0 Å². The first kappa shape index (κ1) is 29.7. The van der Waals surface area contributed by atoms with Gasteiger partial charge in [-0.25, -0.2) is 17.6 Å². The molecular formula is C24H16F4HfO4. The quantitative estimate of drug-likeness (QED) is 0.221. The van der Waals surface area contributed by atoms with Gasteiger partial charge >= 0.3 is 25.8 Å². The van der Waals surface area contributed by atoms with E-state index in [2.05, 4.69) is 0 Å². The Kier molecular flexibility index (Phi) is 14.7. The number of halogens is 4. The number of benzene rings is 4. The zero-order valence-electron chi connectivity index (χ0n) is 16.9. The molecule has 0 aliphatic carbocycles. The summed E-state index contributed by atoms with van der Waals surface area (Å²) in [5, 5.41) is 41.0. The molecule has 4 nitrogen and oxygen atoms in total. The Balaban J connectivity index is 0.000000410. The predicted octanol–water partition coefficient (Wildman–Crippen LogP) is 3.59. The van der Waals surface area contributed by atoms with E-state index >= 15 is 0 Å². The van der Waals surface area contributed by atoms with Crippen LogP contribution in [0.3, 0.4) is 0 Å². The molecule has 0 saturated heterocycles. The minimum Gasteiger partial charge on any atom is -0.872 e. The molecule has 0 aromatic heterocycles. The van der Waals surface area contributed by atoms with Gasteiger partial charge in [-0.3, -0.25) is 0 Å². The topological polar surface area (TPSA) is 92.2 Å². The van der Waals surface area contributed by atoms with E-state index in [0.717, 1.165) is 48.5 Å². The smallest absolute Gasteiger partial charge is 0.872 e. The third-order valence-corrected chi connectivity index (χ3v) is 3.25. The molecule has 168 valence electrons. The monoisotopic (exact) mass is 624 g/mol. The SMILES string of the molecule is [Hf+4].[O-]c1ccc(F)cc1.[O-]c1ccc(F)cc1.[O-]c1ccc(F)cc1.[O-]c1ccc(F)cc1. The first-order valence-corrected chi connectivity index (χ1v) is 8.86. The summed E-state index contributed by atoms with van der Waals surface area (Å²) in [6.07, 6.45) is 0. The van der Waals surface area contributed by atoms with Gasteiger partial charge in [0.05, 0.1) is 0 Å². The summed E-state index contributed by atoms with van der Waals surface area (Å²) < 4.78 is 47.8. The summed E-state index contributed by atoms with van der Waals surface area (Å²) in [5.41, 5.74) is 0. The third-order valence-electron chi connectivity index (χ3n) is 3.25. The minimum absolute atomic E-state index is 0. The van der Waals surface area contributed by atoms with Gasteiger partial charge in [-0.05, 0) is 48.5 Å². The van der Waals surface area contributed by atoms with Gasteiger partial charge in [0.2, 0.25) is 0 Å². The zero-order valence-corrected chi connectivity index (χ0v) is 20.5. The fourth-order valence-electron chi connectivity index (χ4n) is 1.74. The molecule has 4 aromatic rings. The van der Waals surface area contributed by atoms with Gasteiger partial charge in [-0.2, -0.15) is 0 Å². The van der Waals surface area contributed by atoms with Crippen LogP contribution in [0.4, 0.5) is 17.6 Å². The molecule has 0 radical (unpaired) electrons. The molecule has 9 heteroatoms. The predicted molar refractivity (Wildman–Crippen MR) is 103 cm³/mol. The minimum atomic E-state index is -0.371. The van der Waals surface area contributed by atoms with Crippen molar-refractivity contribution in [2.45, 2.75) is 0 Å². The standard InChI is InChI=1S/4C6H5FO.Hf/c4*7-5-1-3-6(8)4-2-5;/h4*1-4,8H;/q;;;;+4/p-4. The van der Waals surface area contributed by atoms with E-state index < -0.39 is 0 Å². The molecule has 0 N–H and O–H groups in total. The summed E-state index contributed by atoms with van der Waals surface area (Å²) in [5.74, 6) is -2.13. The fourth-order valence-corrected chi connectivity index (χ4v) is 1.74. The first-order chi connectivity index (χ1) is 15.2. The van der Waals surface area contributed by atoms with Gasteiger partial charge in [0, 0.05) is 0 Å². The van der Waals surface area contributed by atoms with Crippen LogP contribution >= 0.6 is 0 Å². The Morgan fingerprint density at radius 3 is 0.515 bits per heavy atom. The van der Waals surface area contributed by atoms with E-state index in [4.69, 9.17) is 0 Å². The molecule has 0 spiro atoms. The maximum absolute atomic E-state index is 11.9. The van der Waals surface area contributed by atoms with Crippen LogP contribution < -0.4 is 20.4 Å². The normalized spacial score (nSPS) is 8.85. The average molecular weight is 623 g/mol. The molecule has 33 heavy (non-hydrogen) atoms. The summed E-state index contributed by atoms with van der Waals surface area (Å²) in [6, 6.07) is 18.6. The summed E-state index contributed by atoms with van der Waals surface area (Å²) in [7, 11) is 0. The van der Waals surface area contributed by atoms with E-state index in [1.807, 2.05) is 0 Å². The maximum atomic E-state index is 11.9. The van der Waals surface area contributed by atoms with Gasteiger partial charge in [0.15, 0.2) is 0 Å². The summed E-state index contributed by atoms with van der Waals surface area (Å²) in [4.78, 5) is 0. The molecule has 4 rings (SSSR count). The average Bonchev–Trinajstić information content (AvgIpc) is 2.78. The van der Waals surface area contributed by atoms with Crippen molar-refractivity contribution >= 4 is 0 Å². The second kappa shape index (κ2) is 16.3. The number of hydrogen-bond acceptors (Lipinski definition) is 4. The van der Waals surface area contributed by atoms with Crippen LogP contribution in [0.1, 0.15) is 0 Å². The second-order valence-corrected chi connectivity index (χ2v) is 5.82. The van der Waals surface area contributed by atoms with Gasteiger partial charge in [0.25, 0.3) is 0 Å². The summed E-state index contributed by atoms with van der Waals surface area (Å²) in [6.45, 7) is 0. The number of hydrogen-bond donors (Lipinski definition) is 0. The van der Waals surface area contributed by atoms with E-state index in [1.54, 1.807) is 0 Å². The van der Waals surface area contributed by atoms with Crippen molar-refractivity contribution in [3.05, 3.63) is 120 Å². The second-order valence-electron chi connectivity index (χ2n) is 5.82. The van der Waals surface area contributed by atoms with Crippen molar-refractivity contribution < 1.29 is 63.8 Å². The van der Waals surface area contributed by atoms with Gasteiger partial charge < -0.3 is 20.4 Å². The summed E-state index contributed by atoms with van der Waals surface area (Å²) >= 11 is 0. The van der Waals surface area contributed by atoms with Crippen LogP contribution in [0, 0.1) is 23.3 Å². The molecule has 0 atom stereocenters. The number of rotatable bonds is 0. The van der Waals surface area contributed by atoms with E-state index in [0.29, 0.717) is 0 Å². The molecule has 0 aliphatic rings. The van der Waals surface area contributed by atoms with Crippen LogP contribution in [0.25, 0.3) is 0 Å². The van der Waals surface area contributed by atoms with Crippen molar-refractivity contribution in [2.75, 3.05) is 0 Å². The Bertz CT molecular complexity index is 770. The molecule has 0 amide bonds.